The van der Waals surface area contributed by atoms with Crippen LogP contribution in [0.3, 0.4) is 0 Å². The SMILES string of the molecule is COc1ccc2ccccc2c1C1CCCC(C=O)N1Cc1cccc(-c2ncc(C)s2)c1. The average Bonchev–Trinajstić information content (AvgIpc) is 3.30. The molecular weight excluding hydrogens is 428 g/mol. The molecule has 4 nitrogen and oxygen atoms in total. The molecular formula is C28H28N2O2S. The van der Waals surface area contributed by atoms with Crippen LogP contribution in [-0.2, 0) is 11.3 Å². The number of likely N-dealkylation sites (tertiary alicyclic amines) is 1. The molecule has 3 aromatic carbocycles. The highest BCUT2D eigenvalue weighted by Crippen LogP contribution is 2.43. The zero-order chi connectivity index (χ0) is 22.8. The first-order valence-corrected chi connectivity index (χ1v) is 12.3. The summed E-state index contributed by atoms with van der Waals surface area (Å²) in [5.74, 6) is 0.891. The summed E-state index contributed by atoms with van der Waals surface area (Å²) >= 11 is 1.71. The molecule has 33 heavy (non-hydrogen) atoms. The summed E-state index contributed by atoms with van der Waals surface area (Å²) in [5.41, 5.74) is 3.51. The number of hydrogen-bond acceptors (Lipinski definition) is 5. The van der Waals surface area contributed by atoms with Crippen LogP contribution in [0.1, 0.15) is 41.3 Å². The second-order valence-corrected chi connectivity index (χ2v) is 9.94. The van der Waals surface area contributed by atoms with E-state index in [1.54, 1.807) is 18.4 Å². The molecule has 2 atom stereocenters. The number of benzene rings is 3. The summed E-state index contributed by atoms with van der Waals surface area (Å²) in [4.78, 5) is 20.3. The zero-order valence-electron chi connectivity index (χ0n) is 19.0. The van der Waals surface area contributed by atoms with Crippen LogP contribution in [0.15, 0.2) is 66.9 Å². The van der Waals surface area contributed by atoms with E-state index in [-0.39, 0.29) is 12.1 Å². The fourth-order valence-electron chi connectivity index (χ4n) is 5.07. The summed E-state index contributed by atoms with van der Waals surface area (Å²) in [6.07, 6.45) is 5.95. The van der Waals surface area contributed by atoms with E-state index in [1.807, 2.05) is 6.20 Å². The molecule has 2 heterocycles. The third-order valence-corrected chi connectivity index (χ3v) is 7.57. The molecule has 4 aromatic rings. The number of piperidine rings is 1. The number of aldehydes is 1. The van der Waals surface area contributed by atoms with Gasteiger partial charge in [0.1, 0.15) is 17.0 Å². The maximum Gasteiger partial charge on any atom is 0.137 e. The minimum absolute atomic E-state index is 0.112. The Morgan fingerprint density at radius 2 is 2.00 bits per heavy atom. The van der Waals surface area contributed by atoms with Crippen molar-refractivity contribution in [2.45, 2.75) is 44.8 Å². The highest BCUT2D eigenvalue weighted by Gasteiger charge is 2.34. The van der Waals surface area contributed by atoms with Gasteiger partial charge in [0.15, 0.2) is 0 Å². The van der Waals surface area contributed by atoms with E-state index in [2.05, 4.69) is 77.5 Å². The van der Waals surface area contributed by atoms with Crippen LogP contribution in [0.2, 0.25) is 0 Å². The monoisotopic (exact) mass is 456 g/mol. The summed E-state index contributed by atoms with van der Waals surface area (Å²) < 4.78 is 5.83. The van der Waals surface area contributed by atoms with Crippen molar-refractivity contribution < 1.29 is 9.53 Å². The fourth-order valence-corrected chi connectivity index (χ4v) is 5.83. The standard InChI is InChI=1S/C28H28N2O2S/c1-19-16-29-28(33-19)22-9-5-7-20(15-22)17-30-23(18-31)10-6-12-25(30)27-24-11-4-3-8-21(24)13-14-26(27)32-2/h3-5,7-9,11,13-16,18,23,25H,6,10,12,17H2,1-2H3. The van der Waals surface area contributed by atoms with Crippen LogP contribution in [0, 0.1) is 6.92 Å². The number of aryl methyl sites for hydroxylation is 1. The van der Waals surface area contributed by atoms with E-state index in [9.17, 15) is 4.79 Å². The van der Waals surface area contributed by atoms with Crippen LogP contribution >= 0.6 is 11.3 Å². The van der Waals surface area contributed by atoms with E-state index >= 15 is 0 Å². The van der Waals surface area contributed by atoms with Crippen LogP contribution in [0.4, 0.5) is 0 Å². The largest absolute Gasteiger partial charge is 0.496 e. The number of carbonyl (C=O) groups is 1. The van der Waals surface area contributed by atoms with Gasteiger partial charge in [-0.15, -0.1) is 11.3 Å². The lowest BCUT2D eigenvalue weighted by Gasteiger charge is -2.41. The number of aromatic nitrogens is 1. The van der Waals surface area contributed by atoms with Gasteiger partial charge in [-0.05, 0) is 54.7 Å². The van der Waals surface area contributed by atoms with Crippen molar-refractivity contribution in [2.24, 2.45) is 0 Å². The Morgan fingerprint density at radius 1 is 1.12 bits per heavy atom. The Labute approximate surface area is 198 Å². The fraction of sp³-hybridized carbons (Fsp3) is 0.286. The molecule has 0 amide bonds. The van der Waals surface area contributed by atoms with Crippen molar-refractivity contribution in [1.29, 1.82) is 0 Å². The summed E-state index contributed by atoms with van der Waals surface area (Å²) in [6.45, 7) is 2.79. The van der Waals surface area contributed by atoms with Crippen molar-refractivity contribution >= 4 is 28.4 Å². The zero-order valence-corrected chi connectivity index (χ0v) is 19.8. The van der Waals surface area contributed by atoms with Crippen molar-refractivity contribution in [3.8, 4) is 16.3 Å². The molecule has 2 unspecified atom stereocenters. The molecule has 1 saturated heterocycles. The summed E-state index contributed by atoms with van der Waals surface area (Å²) in [5, 5.41) is 3.43. The number of carbonyl (C=O) groups excluding carboxylic acids is 1. The van der Waals surface area contributed by atoms with Gasteiger partial charge < -0.3 is 9.53 Å². The van der Waals surface area contributed by atoms with Gasteiger partial charge in [0.05, 0.1) is 13.2 Å². The highest BCUT2D eigenvalue weighted by molar-refractivity contribution is 7.14. The molecule has 0 saturated carbocycles. The Hall–Kier alpha value is -3.02. The average molecular weight is 457 g/mol. The first-order valence-electron chi connectivity index (χ1n) is 11.5. The number of thiazole rings is 1. The minimum atomic E-state index is -0.113. The Kier molecular flexibility index (Phi) is 6.25. The molecule has 0 aliphatic carbocycles. The Morgan fingerprint density at radius 3 is 2.79 bits per heavy atom. The predicted molar refractivity (Wildman–Crippen MR) is 135 cm³/mol. The number of rotatable bonds is 6. The number of fused-ring (bicyclic) bond motifs is 1. The number of hydrogen-bond donors (Lipinski definition) is 0. The quantitative estimate of drug-likeness (QED) is 0.308. The maximum atomic E-state index is 12.2. The minimum Gasteiger partial charge on any atom is -0.496 e. The summed E-state index contributed by atoms with van der Waals surface area (Å²) in [7, 11) is 1.73. The first-order chi connectivity index (χ1) is 16.2. The molecule has 0 spiro atoms. The van der Waals surface area contributed by atoms with Gasteiger partial charge in [-0.2, -0.15) is 0 Å². The van der Waals surface area contributed by atoms with E-state index in [0.717, 1.165) is 41.9 Å². The third kappa shape index (κ3) is 4.31. The van der Waals surface area contributed by atoms with Gasteiger partial charge in [0.2, 0.25) is 0 Å². The molecule has 1 fully saturated rings. The van der Waals surface area contributed by atoms with Crippen molar-refractivity contribution in [3.05, 3.63) is 82.9 Å². The van der Waals surface area contributed by atoms with E-state index in [1.165, 1.54) is 26.8 Å². The van der Waals surface area contributed by atoms with Crippen LogP contribution in [0.25, 0.3) is 21.3 Å². The predicted octanol–water partition coefficient (Wildman–Crippen LogP) is 6.58. The van der Waals surface area contributed by atoms with E-state index in [4.69, 9.17) is 4.74 Å². The molecule has 0 bridgehead atoms. The summed E-state index contributed by atoms with van der Waals surface area (Å²) in [6, 6.07) is 21.2. The second kappa shape index (κ2) is 9.46. The van der Waals surface area contributed by atoms with Crippen LogP contribution in [0.5, 0.6) is 5.75 Å². The topological polar surface area (TPSA) is 42.4 Å². The van der Waals surface area contributed by atoms with Crippen molar-refractivity contribution in [3.63, 3.8) is 0 Å². The number of nitrogens with zero attached hydrogens (tertiary/aromatic N) is 2. The first kappa shape index (κ1) is 21.8. The van der Waals surface area contributed by atoms with Gasteiger partial charge >= 0.3 is 0 Å². The Balaban J connectivity index is 1.56. The van der Waals surface area contributed by atoms with Gasteiger partial charge in [0.25, 0.3) is 0 Å². The molecule has 0 radical (unpaired) electrons. The van der Waals surface area contributed by atoms with Gasteiger partial charge in [-0.1, -0.05) is 48.5 Å². The van der Waals surface area contributed by atoms with Crippen molar-refractivity contribution in [1.82, 2.24) is 9.88 Å². The lowest BCUT2D eigenvalue weighted by molar-refractivity contribution is -0.115. The van der Waals surface area contributed by atoms with E-state index < -0.39 is 0 Å². The smallest absolute Gasteiger partial charge is 0.137 e. The van der Waals surface area contributed by atoms with E-state index in [0.29, 0.717) is 6.54 Å². The normalized spacial score (nSPS) is 19.0. The second-order valence-electron chi connectivity index (χ2n) is 8.70. The maximum absolute atomic E-state index is 12.2. The van der Waals surface area contributed by atoms with Crippen molar-refractivity contribution in [2.75, 3.05) is 7.11 Å². The molecule has 5 rings (SSSR count). The highest BCUT2D eigenvalue weighted by atomic mass is 32.1. The van der Waals surface area contributed by atoms with Gasteiger partial charge in [-0.3, -0.25) is 4.90 Å². The third-order valence-electron chi connectivity index (χ3n) is 6.61. The molecule has 1 aliphatic rings. The molecule has 0 N–H and O–H groups in total. The van der Waals surface area contributed by atoms with Crippen LogP contribution < -0.4 is 4.74 Å². The lowest BCUT2D eigenvalue weighted by atomic mass is 9.87. The van der Waals surface area contributed by atoms with Gasteiger partial charge in [0, 0.05) is 34.8 Å². The molecule has 1 aromatic heterocycles. The number of methoxy groups -OCH3 is 1. The molecule has 5 heteroatoms. The van der Waals surface area contributed by atoms with Gasteiger partial charge in [-0.25, -0.2) is 4.98 Å². The van der Waals surface area contributed by atoms with Crippen LogP contribution in [-0.4, -0.2) is 29.3 Å². The number of ether oxygens (including phenoxy) is 1. The Bertz CT molecular complexity index is 1280. The molecule has 168 valence electrons. The molecule has 1 aliphatic heterocycles. The lowest BCUT2D eigenvalue weighted by Crippen LogP contribution is -2.42.